The van der Waals surface area contributed by atoms with Gasteiger partial charge in [-0.1, -0.05) is 35.0 Å². The highest BCUT2D eigenvalue weighted by Crippen LogP contribution is 2.20. The van der Waals surface area contributed by atoms with Gasteiger partial charge in [0.05, 0.1) is 10.9 Å². The van der Waals surface area contributed by atoms with Crippen molar-refractivity contribution in [3.8, 4) is 11.4 Å². The monoisotopic (exact) mass is 400 g/mol. The molecule has 0 aliphatic carbocycles. The Kier molecular flexibility index (Phi) is 5.57. The predicted octanol–water partition coefficient (Wildman–Crippen LogP) is 2.66. The van der Waals surface area contributed by atoms with Crippen molar-refractivity contribution in [2.24, 2.45) is 0 Å². The van der Waals surface area contributed by atoms with Crippen molar-refractivity contribution in [1.29, 1.82) is 0 Å². The van der Waals surface area contributed by atoms with Gasteiger partial charge in [0, 0.05) is 18.2 Å². The molecule has 1 unspecified atom stereocenters. The standard InChI is InChI=1S/C19H20N4O4S/c1-12-7-9-17(10-8-12)28(25,26)23-13(2)19(24)21-16-6-4-5-15(11-16)18-20-14(3)27-22-18/h4-11,13,23H,1-3H3,(H,21,24). The number of aromatic nitrogens is 2. The molecule has 0 fully saturated rings. The molecule has 0 aliphatic heterocycles. The van der Waals surface area contributed by atoms with Crippen LogP contribution in [0.15, 0.2) is 57.9 Å². The van der Waals surface area contributed by atoms with Gasteiger partial charge in [0.1, 0.15) is 0 Å². The normalized spacial score (nSPS) is 12.5. The van der Waals surface area contributed by atoms with E-state index in [1.807, 2.05) is 6.92 Å². The topological polar surface area (TPSA) is 114 Å². The van der Waals surface area contributed by atoms with Gasteiger partial charge in [-0.3, -0.25) is 4.79 Å². The van der Waals surface area contributed by atoms with Crippen LogP contribution >= 0.6 is 0 Å². The van der Waals surface area contributed by atoms with Crippen molar-refractivity contribution in [1.82, 2.24) is 14.9 Å². The maximum absolute atomic E-state index is 12.4. The van der Waals surface area contributed by atoms with Crippen LogP contribution in [0.3, 0.4) is 0 Å². The zero-order valence-corrected chi connectivity index (χ0v) is 16.4. The lowest BCUT2D eigenvalue weighted by molar-refractivity contribution is -0.117. The van der Waals surface area contributed by atoms with E-state index in [1.54, 1.807) is 43.3 Å². The van der Waals surface area contributed by atoms with Crippen molar-refractivity contribution < 1.29 is 17.7 Å². The maximum atomic E-state index is 12.4. The maximum Gasteiger partial charge on any atom is 0.242 e. The Hall–Kier alpha value is -3.04. The first-order valence-electron chi connectivity index (χ1n) is 8.55. The molecule has 9 heteroatoms. The Morgan fingerprint density at radius 3 is 2.46 bits per heavy atom. The Morgan fingerprint density at radius 2 is 1.82 bits per heavy atom. The number of nitrogens with zero attached hydrogens (tertiary/aromatic N) is 2. The van der Waals surface area contributed by atoms with E-state index in [9.17, 15) is 13.2 Å². The number of carbonyl (C=O) groups excluding carboxylic acids is 1. The van der Waals surface area contributed by atoms with E-state index in [4.69, 9.17) is 4.52 Å². The van der Waals surface area contributed by atoms with E-state index >= 15 is 0 Å². The molecule has 1 aromatic heterocycles. The number of amides is 1. The van der Waals surface area contributed by atoms with E-state index in [1.165, 1.54) is 19.1 Å². The highest BCUT2D eigenvalue weighted by molar-refractivity contribution is 7.89. The summed E-state index contributed by atoms with van der Waals surface area (Å²) in [6.07, 6.45) is 0. The molecule has 0 saturated heterocycles. The molecule has 1 amide bonds. The SMILES string of the molecule is Cc1ccc(S(=O)(=O)NC(C)C(=O)Nc2cccc(-c3noc(C)n3)c2)cc1. The molecule has 0 bridgehead atoms. The van der Waals surface area contributed by atoms with Crippen LogP contribution in [-0.2, 0) is 14.8 Å². The summed E-state index contributed by atoms with van der Waals surface area (Å²) in [6, 6.07) is 12.3. The molecule has 28 heavy (non-hydrogen) atoms. The molecule has 1 heterocycles. The number of hydrogen-bond acceptors (Lipinski definition) is 6. The second-order valence-corrected chi connectivity index (χ2v) is 8.08. The minimum absolute atomic E-state index is 0.104. The summed E-state index contributed by atoms with van der Waals surface area (Å²) in [6.45, 7) is 5.03. The third-order valence-electron chi connectivity index (χ3n) is 3.97. The first-order chi connectivity index (χ1) is 13.2. The predicted molar refractivity (Wildman–Crippen MR) is 104 cm³/mol. The number of sulfonamides is 1. The van der Waals surface area contributed by atoms with Gasteiger partial charge in [0.25, 0.3) is 0 Å². The van der Waals surface area contributed by atoms with Crippen LogP contribution in [-0.4, -0.2) is 30.5 Å². The van der Waals surface area contributed by atoms with Crippen molar-refractivity contribution in [2.45, 2.75) is 31.7 Å². The van der Waals surface area contributed by atoms with E-state index in [0.717, 1.165) is 5.56 Å². The molecular weight excluding hydrogens is 380 g/mol. The third-order valence-corrected chi connectivity index (χ3v) is 5.53. The molecule has 8 nitrogen and oxygen atoms in total. The van der Waals surface area contributed by atoms with Gasteiger partial charge in [0.2, 0.25) is 27.6 Å². The second kappa shape index (κ2) is 7.91. The van der Waals surface area contributed by atoms with Crippen LogP contribution < -0.4 is 10.0 Å². The quantitative estimate of drug-likeness (QED) is 0.657. The van der Waals surface area contributed by atoms with Crippen LogP contribution in [0, 0.1) is 13.8 Å². The average Bonchev–Trinajstić information content (AvgIpc) is 3.08. The molecule has 2 aromatic carbocycles. The number of aryl methyl sites for hydroxylation is 2. The fourth-order valence-corrected chi connectivity index (χ4v) is 3.68. The smallest absolute Gasteiger partial charge is 0.242 e. The summed E-state index contributed by atoms with van der Waals surface area (Å²) in [5, 5.41) is 6.53. The minimum atomic E-state index is -3.81. The number of hydrogen-bond donors (Lipinski definition) is 2. The summed E-state index contributed by atoms with van der Waals surface area (Å²) >= 11 is 0. The van der Waals surface area contributed by atoms with Crippen molar-refractivity contribution in [2.75, 3.05) is 5.32 Å². The van der Waals surface area contributed by atoms with Crippen LogP contribution in [0.4, 0.5) is 5.69 Å². The summed E-state index contributed by atoms with van der Waals surface area (Å²) < 4.78 is 32.2. The van der Waals surface area contributed by atoms with Crippen LogP contribution in [0.1, 0.15) is 18.4 Å². The lowest BCUT2D eigenvalue weighted by Gasteiger charge is -2.15. The fraction of sp³-hybridized carbons (Fsp3) is 0.211. The van der Waals surface area contributed by atoms with Crippen LogP contribution in [0.25, 0.3) is 11.4 Å². The van der Waals surface area contributed by atoms with E-state index in [0.29, 0.717) is 23.0 Å². The highest BCUT2D eigenvalue weighted by atomic mass is 32.2. The van der Waals surface area contributed by atoms with Crippen molar-refractivity contribution in [3.63, 3.8) is 0 Å². The van der Waals surface area contributed by atoms with Gasteiger partial charge < -0.3 is 9.84 Å². The van der Waals surface area contributed by atoms with Crippen molar-refractivity contribution in [3.05, 3.63) is 60.0 Å². The average molecular weight is 400 g/mol. The molecule has 146 valence electrons. The zero-order chi connectivity index (χ0) is 20.3. The Morgan fingerprint density at radius 1 is 1.11 bits per heavy atom. The van der Waals surface area contributed by atoms with Gasteiger partial charge in [-0.15, -0.1) is 0 Å². The largest absolute Gasteiger partial charge is 0.339 e. The molecule has 0 aliphatic rings. The zero-order valence-electron chi connectivity index (χ0n) is 15.6. The number of anilines is 1. The van der Waals surface area contributed by atoms with Gasteiger partial charge in [-0.05, 0) is 38.1 Å². The summed E-state index contributed by atoms with van der Waals surface area (Å²) in [7, 11) is -3.81. The summed E-state index contributed by atoms with van der Waals surface area (Å²) in [4.78, 5) is 16.7. The molecule has 0 saturated carbocycles. The molecule has 0 spiro atoms. The summed E-state index contributed by atoms with van der Waals surface area (Å²) in [5.74, 6) is 0.349. The van der Waals surface area contributed by atoms with Gasteiger partial charge in [-0.25, -0.2) is 8.42 Å². The molecular formula is C19H20N4O4S. The Balaban J connectivity index is 1.70. The first-order valence-corrected chi connectivity index (χ1v) is 10.0. The minimum Gasteiger partial charge on any atom is -0.339 e. The Labute approximate surface area is 163 Å². The van der Waals surface area contributed by atoms with E-state index in [-0.39, 0.29) is 4.90 Å². The number of benzene rings is 2. The van der Waals surface area contributed by atoms with Crippen LogP contribution in [0.5, 0.6) is 0 Å². The summed E-state index contributed by atoms with van der Waals surface area (Å²) in [5.41, 5.74) is 2.11. The molecule has 3 rings (SSSR count). The molecule has 3 aromatic rings. The molecule has 1 atom stereocenters. The second-order valence-electron chi connectivity index (χ2n) is 6.36. The number of nitrogens with one attached hydrogen (secondary N) is 2. The van der Waals surface area contributed by atoms with Gasteiger partial charge in [-0.2, -0.15) is 9.71 Å². The third kappa shape index (κ3) is 4.62. The van der Waals surface area contributed by atoms with Crippen LogP contribution in [0.2, 0.25) is 0 Å². The van der Waals surface area contributed by atoms with Gasteiger partial charge >= 0.3 is 0 Å². The number of carbonyl (C=O) groups is 1. The Bertz CT molecular complexity index is 1090. The number of rotatable bonds is 6. The van der Waals surface area contributed by atoms with Gasteiger partial charge in [0.15, 0.2) is 0 Å². The lowest BCUT2D eigenvalue weighted by atomic mass is 10.2. The molecule has 0 radical (unpaired) electrons. The lowest BCUT2D eigenvalue weighted by Crippen LogP contribution is -2.41. The van der Waals surface area contributed by atoms with E-state index in [2.05, 4.69) is 20.2 Å². The first kappa shape index (κ1) is 19.7. The van der Waals surface area contributed by atoms with Crippen molar-refractivity contribution >= 4 is 21.6 Å². The highest BCUT2D eigenvalue weighted by Gasteiger charge is 2.22. The van der Waals surface area contributed by atoms with E-state index < -0.39 is 22.0 Å². The fourth-order valence-electron chi connectivity index (χ4n) is 2.47. The molecule has 2 N–H and O–H groups in total.